The summed E-state index contributed by atoms with van der Waals surface area (Å²) < 4.78 is 6.90. The van der Waals surface area contributed by atoms with Crippen LogP contribution in [0.1, 0.15) is 17.5 Å². The maximum atomic E-state index is 5.94. The lowest BCUT2D eigenvalue weighted by molar-refractivity contribution is -0.00000460. The topological polar surface area (TPSA) is 9.23 Å². The molecule has 1 aliphatic heterocycles. The fourth-order valence-corrected chi connectivity index (χ4v) is 2.93. The largest absolute Gasteiger partial charge is 1.00 e. The van der Waals surface area contributed by atoms with E-state index in [0.29, 0.717) is 6.61 Å². The molecule has 3 rings (SSSR count). The van der Waals surface area contributed by atoms with Gasteiger partial charge in [-0.05, 0) is 24.1 Å². The number of fused-ring (bicyclic) bond motifs is 1. The molecular formula is C18H22INO. The summed E-state index contributed by atoms with van der Waals surface area (Å²) >= 11 is 0. The standard InChI is InChI=1S/C18H22NO.HI/c1-19(2)12-6-9-16-10-11-17(13-18(16)19)20-14-15-7-4-3-5-8-15;/h3-5,7-8,10-11,13H,6,9,12,14H2,1-2H3;1H/q+1;/p-1. The van der Waals surface area contributed by atoms with Gasteiger partial charge in [-0.1, -0.05) is 30.3 Å². The van der Waals surface area contributed by atoms with E-state index >= 15 is 0 Å². The van der Waals surface area contributed by atoms with Gasteiger partial charge in [0.25, 0.3) is 0 Å². The number of benzene rings is 2. The molecule has 3 heteroatoms. The normalized spacial score (nSPS) is 15.7. The molecule has 0 amide bonds. The fraction of sp³-hybridized carbons (Fsp3) is 0.333. The zero-order valence-corrected chi connectivity index (χ0v) is 14.8. The van der Waals surface area contributed by atoms with E-state index in [2.05, 4.69) is 44.4 Å². The molecule has 0 bridgehead atoms. The third-order valence-corrected chi connectivity index (χ3v) is 4.12. The summed E-state index contributed by atoms with van der Waals surface area (Å²) in [5, 5.41) is 0. The minimum absolute atomic E-state index is 0. The average Bonchev–Trinajstić information content (AvgIpc) is 2.46. The molecule has 0 aromatic heterocycles. The molecule has 0 fully saturated rings. The van der Waals surface area contributed by atoms with E-state index in [1.807, 2.05) is 18.2 Å². The van der Waals surface area contributed by atoms with E-state index < -0.39 is 0 Å². The Hall–Kier alpha value is -1.07. The molecule has 2 nitrogen and oxygen atoms in total. The van der Waals surface area contributed by atoms with Crippen molar-refractivity contribution in [1.29, 1.82) is 0 Å². The van der Waals surface area contributed by atoms with Crippen molar-refractivity contribution in [2.24, 2.45) is 0 Å². The first-order valence-corrected chi connectivity index (χ1v) is 7.28. The minimum Gasteiger partial charge on any atom is -1.00 e. The number of quaternary nitrogens is 1. The van der Waals surface area contributed by atoms with E-state index in [0.717, 1.165) is 10.2 Å². The third kappa shape index (κ3) is 3.77. The molecule has 0 aliphatic carbocycles. The predicted octanol–water partition coefficient (Wildman–Crippen LogP) is 0.783. The van der Waals surface area contributed by atoms with Crippen LogP contribution in [0.5, 0.6) is 5.75 Å². The maximum absolute atomic E-state index is 5.94. The highest BCUT2D eigenvalue weighted by Crippen LogP contribution is 2.33. The Morgan fingerprint density at radius 2 is 1.81 bits per heavy atom. The first kappa shape index (κ1) is 16.3. The summed E-state index contributed by atoms with van der Waals surface area (Å²) in [5.74, 6) is 0.973. The Morgan fingerprint density at radius 3 is 2.57 bits per heavy atom. The highest BCUT2D eigenvalue weighted by atomic mass is 127. The van der Waals surface area contributed by atoms with Crippen LogP contribution < -0.4 is 33.2 Å². The lowest BCUT2D eigenvalue weighted by Crippen LogP contribution is -3.00. The van der Waals surface area contributed by atoms with Crippen molar-refractivity contribution in [2.75, 3.05) is 20.6 Å². The molecule has 2 aromatic carbocycles. The Kier molecular flexibility index (Phi) is 5.27. The SMILES string of the molecule is C[N+]1(C)CCCc2ccc(OCc3ccccc3)cc21.[I-]. The van der Waals surface area contributed by atoms with Crippen LogP contribution in [-0.2, 0) is 13.0 Å². The molecule has 0 atom stereocenters. The molecule has 0 saturated heterocycles. The molecule has 0 spiro atoms. The number of ether oxygens (including phenoxy) is 1. The molecule has 21 heavy (non-hydrogen) atoms. The third-order valence-electron chi connectivity index (χ3n) is 4.12. The molecule has 1 heterocycles. The Labute approximate surface area is 144 Å². The second-order valence-electron chi connectivity index (χ2n) is 6.08. The molecule has 0 unspecified atom stereocenters. The van der Waals surface area contributed by atoms with Crippen molar-refractivity contribution >= 4 is 5.69 Å². The number of rotatable bonds is 3. The van der Waals surface area contributed by atoms with Crippen LogP contribution in [0.4, 0.5) is 5.69 Å². The summed E-state index contributed by atoms with van der Waals surface area (Å²) in [5.41, 5.74) is 4.08. The molecule has 112 valence electrons. The number of hydrogen-bond acceptors (Lipinski definition) is 1. The second kappa shape index (κ2) is 6.79. The van der Waals surface area contributed by atoms with Gasteiger partial charge < -0.3 is 28.7 Å². The Morgan fingerprint density at radius 1 is 1.05 bits per heavy atom. The van der Waals surface area contributed by atoms with Crippen molar-refractivity contribution in [3.63, 3.8) is 0 Å². The van der Waals surface area contributed by atoms with Gasteiger partial charge in [0.15, 0.2) is 0 Å². The summed E-state index contributed by atoms with van der Waals surface area (Å²) in [6.07, 6.45) is 2.46. The van der Waals surface area contributed by atoms with Crippen LogP contribution in [0.25, 0.3) is 0 Å². The highest BCUT2D eigenvalue weighted by Gasteiger charge is 2.27. The first-order chi connectivity index (χ1) is 9.65. The number of aryl methyl sites for hydroxylation is 1. The minimum atomic E-state index is 0. The van der Waals surface area contributed by atoms with E-state index in [1.165, 1.54) is 36.2 Å². The zero-order valence-electron chi connectivity index (χ0n) is 12.7. The van der Waals surface area contributed by atoms with Crippen molar-refractivity contribution in [3.05, 3.63) is 59.7 Å². The molecule has 2 aromatic rings. The summed E-state index contributed by atoms with van der Waals surface area (Å²) in [7, 11) is 4.55. The van der Waals surface area contributed by atoms with Gasteiger partial charge in [-0.25, -0.2) is 0 Å². The van der Waals surface area contributed by atoms with Crippen LogP contribution in [0.3, 0.4) is 0 Å². The summed E-state index contributed by atoms with van der Waals surface area (Å²) in [6, 6.07) is 16.9. The first-order valence-electron chi connectivity index (χ1n) is 7.28. The van der Waals surface area contributed by atoms with E-state index in [9.17, 15) is 0 Å². The molecule has 0 saturated carbocycles. The predicted molar refractivity (Wildman–Crippen MR) is 84.0 cm³/mol. The van der Waals surface area contributed by atoms with E-state index in [-0.39, 0.29) is 24.0 Å². The van der Waals surface area contributed by atoms with Crippen molar-refractivity contribution in [3.8, 4) is 5.75 Å². The molecular weight excluding hydrogens is 373 g/mol. The van der Waals surface area contributed by atoms with Crippen LogP contribution >= 0.6 is 0 Å². The van der Waals surface area contributed by atoms with Crippen LogP contribution in [0.15, 0.2) is 48.5 Å². The van der Waals surface area contributed by atoms with E-state index in [1.54, 1.807) is 0 Å². The number of nitrogens with zero attached hydrogens (tertiary/aromatic N) is 1. The molecule has 1 aliphatic rings. The lowest BCUT2D eigenvalue weighted by Gasteiger charge is -2.35. The zero-order chi connectivity index (χ0) is 14.0. The van der Waals surface area contributed by atoms with Crippen molar-refractivity contribution < 1.29 is 28.7 Å². The molecule has 0 N–H and O–H groups in total. The van der Waals surface area contributed by atoms with Crippen LogP contribution in [0, 0.1) is 0 Å². The Bertz CT molecular complexity index is 595. The average molecular weight is 395 g/mol. The van der Waals surface area contributed by atoms with Crippen molar-refractivity contribution in [2.45, 2.75) is 19.4 Å². The summed E-state index contributed by atoms with van der Waals surface area (Å²) in [4.78, 5) is 0. The quantitative estimate of drug-likeness (QED) is 0.552. The monoisotopic (exact) mass is 395 g/mol. The second-order valence-corrected chi connectivity index (χ2v) is 6.08. The number of hydrogen-bond donors (Lipinski definition) is 0. The van der Waals surface area contributed by atoms with Gasteiger partial charge in [0.2, 0.25) is 0 Å². The highest BCUT2D eigenvalue weighted by molar-refractivity contribution is 5.55. The fourth-order valence-electron chi connectivity index (χ4n) is 2.93. The lowest BCUT2D eigenvalue weighted by atomic mass is 10.00. The number of halogens is 1. The molecule has 0 radical (unpaired) electrons. The van der Waals surface area contributed by atoms with Crippen molar-refractivity contribution in [1.82, 2.24) is 4.48 Å². The smallest absolute Gasteiger partial charge is 0.139 e. The van der Waals surface area contributed by atoms with Gasteiger partial charge in [-0.15, -0.1) is 0 Å². The van der Waals surface area contributed by atoms with Crippen LogP contribution in [0.2, 0.25) is 0 Å². The van der Waals surface area contributed by atoms with Gasteiger partial charge in [-0.3, -0.25) is 4.48 Å². The van der Waals surface area contributed by atoms with Gasteiger partial charge in [0.05, 0.1) is 20.6 Å². The maximum Gasteiger partial charge on any atom is 0.139 e. The Balaban J connectivity index is 0.00000161. The summed E-state index contributed by atoms with van der Waals surface area (Å²) in [6.45, 7) is 1.84. The van der Waals surface area contributed by atoms with E-state index in [4.69, 9.17) is 4.74 Å². The van der Waals surface area contributed by atoms with Gasteiger partial charge in [0, 0.05) is 18.1 Å². The van der Waals surface area contributed by atoms with Gasteiger partial charge in [0.1, 0.15) is 18.0 Å². The van der Waals surface area contributed by atoms with Crippen LogP contribution in [-0.4, -0.2) is 20.6 Å². The van der Waals surface area contributed by atoms with Gasteiger partial charge >= 0.3 is 0 Å². The van der Waals surface area contributed by atoms with Gasteiger partial charge in [-0.2, -0.15) is 0 Å².